The van der Waals surface area contributed by atoms with Gasteiger partial charge in [-0.05, 0) is 50.1 Å². The number of hydrogen-bond acceptors (Lipinski definition) is 9. The number of anilines is 4. The number of halogens is 1. The third kappa shape index (κ3) is 6.52. The summed E-state index contributed by atoms with van der Waals surface area (Å²) in [6.07, 6.45) is 1.92. The predicted molar refractivity (Wildman–Crippen MR) is 163 cm³/mol. The minimum atomic E-state index is -0.436. The topological polar surface area (TPSA) is 134 Å². The van der Waals surface area contributed by atoms with Crippen molar-refractivity contribution in [2.75, 3.05) is 17.2 Å². The lowest BCUT2D eigenvalue weighted by atomic mass is 10.1. The number of nitrogens with one attached hydrogen (secondary N) is 3. The summed E-state index contributed by atoms with van der Waals surface area (Å²) in [6.45, 7) is 9.11. The van der Waals surface area contributed by atoms with E-state index in [0.717, 1.165) is 16.1 Å². The molecule has 0 bridgehead atoms. The van der Waals surface area contributed by atoms with Gasteiger partial charge in [-0.2, -0.15) is 4.98 Å². The molecule has 5 N–H and O–H groups in total. The Morgan fingerprint density at radius 2 is 1.98 bits per heavy atom. The van der Waals surface area contributed by atoms with Crippen molar-refractivity contribution >= 4 is 58.3 Å². The highest BCUT2D eigenvalue weighted by molar-refractivity contribution is 8.00. The van der Waals surface area contributed by atoms with Crippen molar-refractivity contribution in [2.45, 2.75) is 69.0 Å². The lowest BCUT2D eigenvalue weighted by molar-refractivity contribution is -0.119. The van der Waals surface area contributed by atoms with E-state index in [1.165, 1.54) is 6.20 Å². The van der Waals surface area contributed by atoms with Crippen LogP contribution < -0.4 is 26.4 Å². The minimum Gasteiger partial charge on any atom is -0.489 e. The molecular weight excluding hydrogens is 562 g/mol. The van der Waals surface area contributed by atoms with Gasteiger partial charge in [0.15, 0.2) is 5.82 Å². The van der Waals surface area contributed by atoms with Gasteiger partial charge >= 0.3 is 0 Å². The average molecular weight is 596 g/mol. The van der Waals surface area contributed by atoms with E-state index >= 15 is 0 Å². The van der Waals surface area contributed by atoms with E-state index < -0.39 is 11.9 Å². The highest BCUT2D eigenvalue weighted by Crippen LogP contribution is 2.38. The largest absolute Gasteiger partial charge is 0.489 e. The molecule has 0 aliphatic carbocycles. The number of thioether (sulfide) groups is 1. The van der Waals surface area contributed by atoms with Crippen molar-refractivity contribution < 1.29 is 14.3 Å². The van der Waals surface area contributed by atoms with Crippen molar-refractivity contribution in [2.24, 2.45) is 5.73 Å². The second-order valence-corrected chi connectivity index (χ2v) is 12.7. The monoisotopic (exact) mass is 595 g/mol. The zero-order valence-corrected chi connectivity index (χ0v) is 25.0. The number of carbonyl (C=O) groups excluding carboxylic acids is 2. The normalized spacial score (nSPS) is 18.2. The number of nitrogens with two attached hydrogens (primary N) is 1. The third-order valence-electron chi connectivity index (χ3n) is 6.79. The Bertz CT molecular complexity index is 1470. The molecule has 0 spiro atoms. The molecule has 1 unspecified atom stereocenters. The second-order valence-electron chi connectivity index (χ2n) is 10.7. The Morgan fingerprint density at radius 1 is 1.20 bits per heavy atom. The predicted octanol–water partition coefficient (Wildman–Crippen LogP) is 5.08. The Morgan fingerprint density at radius 3 is 2.68 bits per heavy atom. The number of carbonyl (C=O) groups is 2. The molecule has 216 valence electrons. The molecule has 5 rings (SSSR count). The van der Waals surface area contributed by atoms with Gasteiger partial charge in [-0.25, -0.2) is 4.98 Å². The number of benzene rings is 2. The molecule has 41 heavy (non-hydrogen) atoms. The maximum atomic E-state index is 13.5. The number of para-hydroxylation sites is 1. The molecule has 0 radical (unpaired) electrons. The second kappa shape index (κ2) is 12.1. The van der Waals surface area contributed by atoms with Gasteiger partial charge in [0.25, 0.3) is 5.91 Å². The maximum absolute atomic E-state index is 13.5. The summed E-state index contributed by atoms with van der Waals surface area (Å²) in [7, 11) is 0. The van der Waals surface area contributed by atoms with E-state index in [1.54, 1.807) is 22.7 Å². The molecule has 1 saturated heterocycles. The van der Waals surface area contributed by atoms with Crippen LogP contribution in [-0.4, -0.2) is 56.7 Å². The lowest BCUT2D eigenvalue weighted by Gasteiger charge is -2.22. The lowest BCUT2D eigenvalue weighted by Crippen LogP contribution is -2.36. The fourth-order valence-electron chi connectivity index (χ4n) is 4.97. The molecule has 12 heteroatoms. The minimum absolute atomic E-state index is 0.101. The van der Waals surface area contributed by atoms with E-state index in [2.05, 4.69) is 45.8 Å². The number of fused-ring (bicyclic) bond motifs is 1. The summed E-state index contributed by atoms with van der Waals surface area (Å²) in [5.41, 5.74) is 8.36. The van der Waals surface area contributed by atoms with Gasteiger partial charge in [-0.3, -0.25) is 9.59 Å². The average Bonchev–Trinajstić information content (AvgIpc) is 3.52. The van der Waals surface area contributed by atoms with Gasteiger partial charge in [0, 0.05) is 34.8 Å². The van der Waals surface area contributed by atoms with Crippen molar-refractivity contribution in [3.05, 3.63) is 58.7 Å². The smallest absolute Gasteiger partial charge is 0.254 e. The first-order valence-electron chi connectivity index (χ1n) is 13.6. The highest BCUT2D eigenvalue weighted by atomic mass is 35.5. The Labute approximate surface area is 248 Å². The van der Waals surface area contributed by atoms with E-state index in [9.17, 15) is 9.59 Å². The van der Waals surface area contributed by atoms with E-state index in [4.69, 9.17) is 22.1 Å². The molecular formula is C29H34ClN7O3S. The van der Waals surface area contributed by atoms with Crippen molar-refractivity contribution in [1.82, 2.24) is 20.2 Å². The molecule has 2 aliphatic heterocycles. The van der Waals surface area contributed by atoms with Crippen LogP contribution in [0.1, 0.15) is 50.0 Å². The van der Waals surface area contributed by atoms with Gasteiger partial charge in [0.05, 0.1) is 29.7 Å². The first-order chi connectivity index (χ1) is 19.6. The molecule has 3 aromatic rings. The number of primary amides is 1. The van der Waals surface area contributed by atoms with E-state index in [-0.39, 0.29) is 18.1 Å². The molecule has 2 amide bonds. The molecule has 1 aromatic heterocycles. The Kier molecular flexibility index (Phi) is 8.58. The quantitative estimate of drug-likeness (QED) is 0.237. The van der Waals surface area contributed by atoms with Gasteiger partial charge in [0.1, 0.15) is 10.8 Å². The summed E-state index contributed by atoms with van der Waals surface area (Å²) >= 11 is 8.22. The summed E-state index contributed by atoms with van der Waals surface area (Å²) in [5, 5.41) is 10.5. The fraction of sp³-hybridized carbons (Fsp3) is 0.379. The number of amides is 2. The molecule has 10 nitrogen and oxygen atoms in total. The zero-order valence-electron chi connectivity index (χ0n) is 23.4. The highest BCUT2D eigenvalue weighted by Gasteiger charge is 2.39. The Hall–Kier alpha value is -3.54. The molecule has 2 aromatic carbocycles. The molecule has 2 atom stereocenters. The van der Waals surface area contributed by atoms with Crippen LogP contribution in [0.25, 0.3) is 0 Å². The number of ether oxygens (including phenoxy) is 1. The van der Waals surface area contributed by atoms with Gasteiger partial charge in [-0.1, -0.05) is 37.6 Å². The maximum Gasteiger partial charge on any atom is 0.254 e. The number of nitrogens with zero attached hydrogens (tertiary/aromatic N) is 3. The van der Waals surface area contributed by atoms with Crippen LogP contribution >= 0.6 is 23.4 Å². The third-order valence-corrected chi connectivity index (χ3v) is 8.14. The van der Waals surface area contributed by atoms with Crippen LogP contribution in [0, 0.1) is 0 Å². The van der Waals surface area contributed by atoms with Crippen LogP contribution in [0.15, 0.2) is 47.5 Å². The van der Waals surface area contributed by atoms with E-state index in [0.29, 0.717) is 58.5 Å². The summed E-state index contributed by atoms with van der Waals surface area (Å²) < 4.78 is 6.12. The van der Waals surface area contributed by atoms with Crippen molar-refractivity contribution in [1.29, 1.82) is 0 Å². The standard InChI is InChI=1S/C29H34ClN7O3S/c1-15(2)40-24-9-17-14-37(18-10-23(26(31)38)32-12-18)28(39)19(17)11-22(24)35-29-33-13-20(30)27(36-29)34-21-7-5-6-8-25(21)41-16(3)4/h5-9,11,13,15-16,18,23,32H,10,12,14H2,1-4H3,(H2,31,38)(H2,33,34,35,36)/t18?,23-/m0/s1. The molecule has 3 heterocycles. The van der Waals surface area contributed by atoms with Crippen molar-refractivity contribution in [3.8, 4) is 5.75 Å². The van der Waals surface area contributed by atoms with Gasteiger partial charge in [-0.15, -0.1) is 11.8 Å². The first kappa shape index (κ1) is 29.0. The van der Waals surface area contributed by atoms with Crippen LogP contribution in [0.3, 0.4) is 0 Å². The molecule has 1 fully saturated rings. The summed E-state index contributed by atoms with van der Waals surface area (Å²) in [4.78, 5) is 37.0. The Balaban J connectivity index is 1.41. The number of aromatic nitrogens is 2. The van der Waals surface area contributed by atoms with Crippen LogP contribution in [-0.2, 0) is 11.3 Å². The van der Waals surface area contributed by atoms with E-state index in [1.807, 2.05) is 38.1 Å². The first-order valence-corrected chi connectivity index (χ1v) is 14.8. The summed E-state index contributed by atoms with van der Waals surface area (Å²) in [5.74, 6) is 0.823. The zero-order chi connectivity index (χ0) is 29.3. The fourth-order valence-corrected chi connectivity index (χ4v) is 6.02. The van der Waals surface area contributed by atoms with Gasteiger partial charge in [0.2, 0.25) is 11.9 Å². The van der Waals surface area contributed by atoms with Gasteiger partial charge < -0.3 is 31.3 Å². The van der Waals surface area contributed by atoms with Crippen LogP contribution in [0.4, 0.5) is 23.1 Å². The van der Waals surface area contributed by atoms with Crippen LogP contribution in [0.5, 0.6) is 5.75 Å². The number of rotatable bonds is 10. The van der Waals surface area contributed by atoms with Crippen LogP contribution in [0.2, 0.25) is 5.02 Å². The molecule has 2 aliphatic rings. The summed E-state index contributed by atoms with van der Waals surface area (Å²) in [6, 6.07) is 11.1. The SMILES string of the molecule is CC(C)Oc1cc2c(cc1Nc1ncc(Cl)c(Nc3ccccc3SC(C)C)n1)C(=O)N(C1CN[C@H](C(N)=O)C1)C2. The number of hydrogen-bond donors (Lipinski definition) is 4. The molecule has 0 saturated carbocycles. The van der Waals surface area contributed by atoms with Crippen molar-refractivity contribution in [3.63, 3.8) is 0 Å².